The van der Waals surface area contributed by atoms with Gasteiger partial charge in [-0.2, -0.15) is 0 Å². The number of hydrogen-bond acceptors (Lipinski definition) is 9. The van der Waals surface area contributed by atoms with Crippen LogP contribution < -0.4 is 20.3 Å². The maximum absolute atomic E-state index is 11.8. The topological polar surface area (TPSA) is 112 Å². The summed E-state index contributed by atoms with van der Waals surface area (Å²) in [7, 11) is 1.79. The highest BCUT2D eigenvalue weighted by Crippen LogP contribution is 2.30. The van der Waals surface area contributed by atoms with Crippen molar-refractivity contribution in [1.29, 1.82) is 0 Å². The standard InChI is InChI=1S/C25H36N6O4/c1-17-23(27-20-7-12-34-15-20)28-24(29-25(17)31-10-8-30(9-11-31)18(2)32)19-5-4-6-22(13-19)35-16-21(33)14-26-3/h4-6,13,20-21,26,33H,7-12,14-16H2,1-3H3,(H,27,28,29). The molecule has 1 amide bonds. The van der Waals surface area contributed by atoms with Gasteiger partial charge in [-0.05, 0) is 32.5 Å². The van der Waals surface area contributed by atoms with Crippen molar-refractivity contribution in [3.63, 3.8) is 0 Å². The van der Waals surface area contributed by atoms with Crippen molar-refractivity contribution in [1.82, 2.24) is 20.2 Å². The van der Waals surface area contributed by atoms with E-state index < -0.39 is 6.10 Å². The van der Waals surface area contributed by atoms with Gasteiger partial charge in [-0.3, -0.25) is 4.79 Å². The molecule has 10 nitrogen and oxygen atoms in total. The Balaban J connectivity index is 1.61. The third kappa shape index (κ3) is 6.39. The number of amides is 1. The maximum atomic E-state index is 11.8. The molecule has 4 rings (SSSR count). The monoisotopic (exact) mass is 484 g/mol. The highest BCUT2D eigenvalue weighted by atomic mass is 16.5. The van der Waals surface area contributed by atoms with Crippen molar-refractivity contribution in [3.05, 3.63) is 29.8 Å². The van der Waals surface area contributed by atoms with Gasteiger partial charge in [0, 0.05) is 57.4 Å². The Hall–Kier alpha value is -2.95. The first-order valence-corrected chi connectivity index (χ1v) is 12.2. The van der Waals surface area contributed by atoms with Crippen LogP contribution in [0.25, 0.3) is 11.4 Å². The van der Waals surface area contributed by atoms with Gasteiger partial charge in [0.15, 0.2) is 5.82 Å². The summed E-state index contributed by atoms with van der Waals surface area (Å²) >= 11 is 0. The summed E-state index contributed by atoms with van der Waals surface area (Å²) in [6.07, 6.45) is 0.341. The zero-order valence-electron chi connectivity index (χ0n) is 20.8. The predicted molar refractivity (Wildman–Crippen MR) is 135 cm³/mol. The Kier molecular flexibility index (Phi) is 8.37. The summed E-state index contributed by atoms with van der Waals surface area (Å²) < 4.78 is 11.3. The van der Waals surface area contributed by atoms with Crippen LogP contribution in [0.4, 0.5) is 11.6 Å². The Bertz CT molecular complexity index is 1010. The van der Waals surface area contributed by atoms with Crippen LogP contribution in [-0.2, 0) is 9.53 Å². The number of nitrogens with one attached hydrogen (secondary N) is 2. The molecular weight excluding hydrogens is 448 g/mol. The number of anilines is 2. The smallest absolute Gasteiger partial charge is 0.219 e. The van der Waals surface area contributed by atoms with Crippen molar-refractivity contribution >= 4 is 17.5 Å². The zero-order valence-corrected chi connectivity index (χ0v) is 20.8. The molecule has 2 aromatic rings. The number of carbonyl (C=O) groups excluding carboxylic acids is 1. The molecule has 3 N–H and O–H groups in total. The molecule has 0 aliphatic carbocycles. The molecule has 1 aromatic heterocycles. The van der Waals surface area contributed by atoms with Gasteiger partial charge in [-0.25, -0.2) is 9.97 Å². The van der Waals surface area contributed by atoms with E-state index in [9.17, 15) is 9.90 Å². The minimum atomic E-state index is -0.594. The first-order chi connectivity index (χ1) is 16.9. The number of ether oxygens (including phenoxy) is 2. The third-order valence-electron chi connectivity index (χ3n) is 6.39. The quantitative estimate of drug-likeness (QED) is 0.485. The SMILES string of the molecule is CNCC(O)COc1cccc(-c2nc(NC3CCOC3)c(C)c(N3CCN(C(C)=O)CC3)n2)c1. The number of aromatic nitrogens is 2. The number of aliphatic hydroxyl groups excluding tert-OH is 1. The van der Waals surface area contributed by atoms with Gasteiger partial charge >= 0.3 is 0 Å². The molecule has 0 spiro atoms. The van der Waals surface area contributed by atoms with E-state index in [0.29, 0.717) is 37.8 Å². The summed E-state index contributed by atoms with van der Waals surface area (Å²) in [4.78, 5) is 25.7. The van der Waals surface area contributed by atoms with Crippen molar-refractivity contribution in [2.24, 2.45) is 0 Å². The largest absolute Gasteiger partial charge is 0.491 e. The molecule has 10 heteroatoms. The van der Waals surface area contributed by atoms with Crippen molar-refractivity contribution in [2.75, 3.05) is 69.8 Å². The predicted octanol–water partition coefficient (Wildman–Crippen LogP) is 1.28. The van der Waals surface area contributed by atoms with Crippen LogP contribution >= 0.6 is 0 Å². The molecule has 3 heterocycles. The minimum absolute atomic E-state index is 0.102. The number of aliphatic hydroxyl groups is 1. The summed E-state index contributed by atoms with van der Waals surface area (Å²) in [5, 5.41) is 16.5. The molecule has 2 atom stereocenters. The maximum Gasteiger partial charge on any atom is 0.219 e. The molecule has 2 saturated heterocycles. The lowest BCUT2D eigenvalue weighted by Gasteiger charge is -2.36. The van der Waals surface area contributed by atoms with Gasteiger partial charge in [0.1, 0.15) is 30.1 Å². The van der Waals surface area contributed by atoms with Gasteiger partial charge in [-0.15, -0.1) is 0 Å². The molecule has 2 aliphatic heterocycles. The number of likely N-dealkylation sites (N-methyl/N-ethyl adjacent to an activating group) is 1. The normalized spacial score (nSPS) is 19.0. The second-order valence-corrected chi connectivity index (χ2v) is 9.09. The highest BCUT2D eigenvalue weighted by Gasteiger charge is 2.25. The fourth-order valence-electron chi connectivity index (χ4n) is 4.37. The lowest BCUT2D eigenvalue weighted by Crippen LogP contribution is -2.48. The lowest BCUT2D eigenvalue weighted by atomic mass is 10.1. The molecule has 0 bridgehead atoms. The molecule has 2 fully saturated rings. The molecule has 2 unspecified atom stereocenters. The number of carbonyl (C=O) groups is 1. The molecule has 2 aliphatic rings. The fraction of sp³-hybridized carbons (Fsp3) is 0.560. The van der Waals surface area contributed by atoms with E-state index in [1.54, 1.807) is 14.0 Å². The Morgan fingerprint density at radius 2 is 2.09 bits per heavy atom. The Morgan fingerprint density at radius 3 is 2.77 bits per heavy atom. The Morgan fingerprint density at radius 1 is 1.29 bits per heavy atom. The van der Waals surface area contributed by atoms with Gasteiger partial charge in [0.2, 0.25) is 5.91 Å². The second kappa shape index (κ2) is 11.7. The molecule has 1 aromatic carbocycles. The average molecular weight is 485 g/mol. The molecule has 35 heavy (non-hydrogen) atoms. The molecular formula is C25H36N6O4. The fourth-order valence-corrected chi connectivity index (χ4v) is 4.37. The van der Waals surface area contributed by atoms with E-state index in [1.807, 2.05) is 36.1 Å². The first kappa shape index (κ1) is 25.2. The van der Waals surface area contributed by atoms with Crippen molar-refractivity contribution < 1.29 is 19.4 Å². The average Bonchev–Trinajstić information content (AvgIpc) is 3.38. The van der Waals surface area contributed by atoms with Crippen LogP contribution in [0.3, 0.4) is 0 Å². The van der Waals surface area contributed by atoms with E-state index in [2.05, 4.69) is 15.5 Å². The second-order valence-electron chi connectivity index (χ2n) is 9.09. The van der Waals surface area contributed by atoms with Crippen LogP contribution in [0.15, 0.2) is 24.3 Å². The van der Waals surface area contributed by atoms with Crippen molar-refractivity contribution in [2.45, 2.75) is 32.4 Å². The number of piperazine rings is 1. The molecule has 0 radical (unpaired) electrons. The van der Waals surface area contributed by atoms with E-state index in [1.165, 1.54) is 0 Å². The van der Waals surface area contributed by atoms with E-state index in [0.717, 1.165) is 48.9 Å². The number of rotatable bonds is 9. The summed E-state index contributed by atoms with van der Waals surface area (Å²) in [6, 6.07) is 7.84. The van der Waals surface area contributed by atoms with Gasteiger partial charge in [0.25, 0.3) is 0 Å². The summed E-state index contributed by atoms with van der Waals surface area (Å²) in [5.41, 5.74) is 1.82. The summed E-state index contributed by atoms with van der Waals surface area (Å²) in [5.74, 6) is 3.02. The Labute approximate surface area is 206 Å². The van der Waals surface area contributed by atoms with Gasteiger partial charge in [0.05, 0.1) is 12.6 Å². The minimum Gasteiger partial charge on any atom is -0.491 e. The first-order valence-electron chi connectivity index (χ1n) is 12.2. The van der Waals surface area contributed by atoms with E-state index in [4.69, 9.17) is 19.4 Å². The van der Waals surface area contributed by atoms with E-state index in [-0.39, 0.29) is 18.6 Å². The van der Waals surface area contributed by atoms with Crippen LogP contribution in [0, 0.1) is 6.92 Å². The van der Waals surface area contributed by atoms with Crippen LogP contribution in [0.2, 0.25) is 0 Å². The highest BCUT2D eigenvalue weighted by molar-refractivity contribution is 5.74. The van der Waals surface area contributed by atoms with Crippen LogP contribution in [0.5, 0.6) is 5.75 Å². The lowest BCUT2D eigenvalue weighted by molar-refractivity contribution is -0.129. The number of benzene rings is 1. The number of hydrogen-bond donors (Lipinski definition) is 3. The number of nitrogens with zero attached hydrogens (tertiary/aromatic N) is 4. The van der Waals surface area contributed by atoms with Crippen LogP contribution in [-0.4, -0.2) is 97.6 Å². The molecule has 0 saturated carbocycles. The zero-order chi connectivity index (χ0) is 24.8. The van der Waals surface area contributed by atoms with Crippen molar-refractivity contribution in [3.8, 4) is 17.1 Å². The molecule has 190 valence electrons. The van der Waals surface area contributed by atoms with Gasteiger partial charge < -0.3 is 35.0 Å². The van der Waals surface area contributed by atoms with Crippen LogP contribution in [0.1, 0.15) is 18.9 Å². The summed E-state index contributed by atoms with van der Waals surface area (Å²) in [6.45, 7) is 8.48. The third-order valence-corrected chi connectivity index (χ3v) is 6.39. The van der Waals surface area contributed by atoms with Gasteiger partial charge in [-0.1, -0.05) is 12.1 Å². The van der Waals surface area contributed by atoms with E-state index >= 15 is 0 Å².